The van der Waals surface area contributed by atoms with Crippen LogP contribution in [0.2, 0.25) is 0 Å². The summed E-state index contributed by atoms with van der Waals surface area (Å²) in [4.78, 5) is 0. The molecule has 2 aliphatic heterocycles. The fourth-order valence-corrected chi connectivity index (χ4v) is 5.79. The number of nitrogens with one attached hydrogen (secondary N) is 1. The molecule has 1 N–H and O–H groups in total. The smallest absolute Gasteiger partial charge is 0.0701 e. The fourth-order valence-electron chi connectivity index (χ4n) is 3.34. The molecule has 0 radical (unpaired) electrons. The quantitative estimate of drug-likeness (QED) is 0.804. The summed E-state index contributed by atoms with van der Waals surface area (Å²) in [5.41, 5.74) is 0.226. The minimum Gasteiger partial charge on any atom is -0.375 e. The molecule has 3 unspecified atom stereocenters. The lowest BCUT2D eigenvalue weighted by Crippen LogP contribution is -2.48. The zero-order valence-corrected chi connectivity index (χ0v) is 15.0. The molecule has 118 valence electrons. The Morgan fingerprint density at radius 3 is 2.80 bits per heavy atom. The molecule has 0 aliphatic carbocycles. The summed E-state index contributed by atoms with van der Waals surface area (Å²) < 4.78 is 6.23. The minimum absolute atomic E-state index is 0.226. The Balaban J connectivity index is 1.88. The van der Waals surface area contributed by atoms with Crippen LogP contribution in [0.3, 0.4) is 0 Å². The lowest BCUT2D eigenvalue weighted by molar-refractivity contribution is -0.105. The molecule has 1 spiro atoms. The van der Waals surface area contributed by atoms with Crippen LogP contribution in [0.15, 0.2) is 0 Å². The average Bonchev–Trinajstić information content (AvgIpc) is 2.48. The van der Waals surface area contributed by atoms with Gasteiger partial charge in [-0.25, -0.2) is 0 Å². The molecule has 2 aliphatic rings. The van der Waals surface area contributed by atoms with Gasteiger partial charge in [-0.1, -0.05) is 13.8 Å². The first-order chi connectivity index (χ1) is 9.69. The molecule has 0 aromatic rings. The average molecular weight is 318 g/mol. The van der Waals surface area contributed by atoms with E-state index in [9.17, 15) is 0 Å². The fraction of sp³-hybridized carbons (Fsp3) is 1.00. The first-order valence-electron chi connectivity index (χ1n) is 8.19. The molecule has 0 bridgehead atoms. The largest absolute Gasteiger partial charge is 0.375 e. The Kier molecular flexibility index (Phi) is 7.05. The van der Waals surface area contributed by atoms with Crippen LogP contribution in [0.4, 0.5) is 0 Å². The molecule has 3 atom stereocenters. The molecule has 4 heteroatoms. The van der Waals surface area contributed by atoms with Crippen molar-refractivity contribution in [2.45, 2.75) is 62.8 Å². The van der Waals surface area contributed by atoms with Gasteiger partial charge in [0.25, 0.3) is 0 Å². The highest BCUT2D eigenvalue weighted by molar-refractivity contribution is 8.00. The van der Waals surface area contributed by atoms with Crippen LogP contribution in [0, 0.1) is 5.92 Å². The maximum absolute atomic E-state index is 6.23. The maximum Gasteiger partial charge on any atom is 0.0701 e. The lowest BCUT2D eigenvalue weighted by Gasteiger charge is -2.45. The number of hydrogen-bond donors (Lipinski definition) is 1. The standard InChI is InChI=1S/C16H31NOS2/c1-4-13(2)20-12-15(17-3)14-5-8-18-16(11-14)6-9-19-10-7-16/h13-15,17H,4-12H2,1-3H3. The van der Waals surface area contributed by atoms with Crippen molar-refractivity contribution in [1.29, 1.82) is 0 Å². The van der Waals surface area contributed by atoms with Gasteiger partial charge < -0.3 is 10.1 Å². The van der Waals surface area contributed by atoms with E-state index >= 15 is 0 Å². The molecule has 0 saturated carbocycles. The van der Waals surface area contributed by atoms with E-state index in [0.29, 0.717) is 6.04 Å². The Hall–Kier alpha value is 0.620. The molecule has 2 nitrogen and oxygen atoms in total. The highest BCUT2D eigenvalue weighted by Crippen LogP contribution is 2.41. The highest BCUT2D eigenvalue weighted by atomic mass is 32.2. The van der Waals surface area contributed by atoms with Crippen LogP contribution in [0.25, 0.3) is 0 Å². The third-order valence-electron chi connectivity index (χ3n) is 5.01. The van der Waals surface area contributed by atoms with Gasteiger partial charge in [0.1, 0.15) is 0 Å². The number of ether oxygens (including phenoxy) is 1. The van der Waals surface area contributed by atoms with Crippen LogP contribution in [0.5, 0.6) is 0 Å². The van der Waals surface area contributed by atoms with E-state index < -0.39 is 0 Å². The van der Waals surface area contributed by atoms with Crippen LogP contribution in [-0.2, 0) is 4.74 Å². The molecule has 0 amide bonds. The van der Waals surface area contributed by atoms with Crippen molar-refractivity contribution in [2.24, 2.45) is 5.92 Å². The molecular formula is C16H31NOS2. The SMILES string of the molecule is CCC(C)SCC(NC)C1CCOC2(CCSCC2)C1. The van der Waals surface area contributed by atoms with Gasteiger partial charge in [-0.15, -0.1) is 0 Å². The molecule has 0 aromatic heterocycles. The number of rotatable bonds is 6. The second-order valence-electron chi connectivity index (χ2n) is 6.34. The number of hydrogen-bond acceptors (Lipinski definition) is 4. The first kappa shape index (κ1) is 17.0. The van der Waals surface area contributed by atoms with E-state index in [1.807, 2.05) is 0 Å². The molecule has 20 heavy (non-hydrogen) atoms. The van der Waals surface area contributed by atoms with E-state index in [2.05, 4.69) is 49.7 Å². The predicted molar refractivity (Wildman–Crippen MR) is 93.0 cm³/mol. The van der Waals surface area contributed by atoms with E-state index in [1.54, 1.807) is 0 Å². The van der Waals surface area contributed by atoms with E-state index in [0.717, 1.165) is 17.8 Å². The molecule has 2 rings (SSSR count). The molecule has 2 fully saturated rings. The van der Waals surface area contributed by atoms with Gasteiger partial charge in [-0.3, -0.25) is 0 Å². The Morgan fingerprint density at radius 2 is 2.15 bits per heavy atom. The maximum atomic E-state index is 6.23. The van der Waals surface area contributed by atoms with Gasteiger partial charge in [0, 0.05) is 23.7 Å². The summed E-state index contributed by atoms with van der Waals surface area (Å²) in [6, 6.07) is 0.657. The summed E-state index contributed by atoms with van der Waals surface area (Å²) in [5, 5.41) is 4.37. The minimum atomic E-state index is 0.226. The van der Waals surface area contributed by atoms with Crippen molar-refractivity contribution < 1.29 is 4.74 Å². The van der Waals surface area contributed by atoms with Crippen LogP contribution >= 0.6 is 23.5 Å². The predicted octanol–water partition coefficient (Wildman–Crippen LogP) is 3.80. The summed E-state index contributed by atoms with van der Waals surface area (Å²) in [6.45, 7) is 5.61. The Morgan fingerprint density at radius 1 is 1.40 bits per heavy atom. The normalized spacial score (nSPS) is 29.2. The summed E-state index contributed by atoms with van der Waals surface area (Å²) in [5.74, 6) is 4.63. The van der Waals surface area contributed by atoms with Crippen LogP contribution in [-0.4, -0.2) is 47.8 Å². The van der Waals surface area contributed by atoms with Gasteiger partial charge in [-0.2, -0.15) is 23.5 Å². The Bertz CT molecular complexity index is 276. The van der Waals surface area contributed by atoms with E-state index in [4.69, 9.17) is 4.74 Å². The van der Waals surface area contributed by atoms with E-state index in [1.165, 1.54) is 49.4 Å². The summed E-state index contributed by atoms with van der Waals surface area (Å²) in [7, 11) is 2.14. The van der Waals surface area contributed by atoms with Crippen LogP contribution in [0.1, 0.15) is 46.0 Å². The summed E-state index contributed by atoms with van der Waals surface area (Å²) >= 11 is 4.23. The third kappa shape index (κ3) is 4.56. The van der Waals surface area contributed by atoms with Gasteiger partial charge in [-0.05, 0) is 56.6 Å². The molecule has 2 heterocycles. The van der Waals surface area contributed by atoms with Crippen molar-refractivity contribution >= 4 is 23.5 Å². The van der Waals surface area contributed by atoms with Crippen molar-refractivity contribution in [3.8, 4) is 0 Å². The number of thioether (sulfide) groups is 2. The van der Waals surface area contributed by atoms with Gasteiger partial charge in [0.2, 0.25) is 0 Å². The molecule has 0 aromatic carbocycles. The zero-order valence-electron chi connectivity index (χ0n) is 13.3. The third-order valence-corrected chi connectivity index (χ3v) is 7.45. The van der Waals surface area contributed by atoms with Crippen molar-refractivity contribution in [3.05, 3.63) is 0 Å². The van der Waals surface area contributed by atoms with Crippen molar-refractivity contribution in [3.63, 3.8) is 0 Å². The van der Waals surface area contributed by atoms with Crippen molar-refractivity contribution in [2.75, 3.05) is 30.9 Å². The van der Waals surface area contributed by atoms with Gasteiger partial charge >= 0.3 is 0 Å². The topological polar surface area (TPSA) is 21.3 Å². The first-order valence-corrected chi connectivity index (χ1v) is 10.4. The lowest BCUT2D eigenvalue weighted by atomic mass is 9.79. The Labute approximate surface area is 133 Å². The zero-order chi connectivity index (χ0) is 14.4. The second kappa shape index (κ2) is 8.30. The monoisotopic (exact) mass is 317 g/mol. The molecule has 2 saturated heterocycles. The van der Waals surface area contributed by atoms with E-state index in [-0.39, 0.29) is 5.60 Å². The van der Waals surface area contributed by atoms with Crippen LogP contribution < -0.4 is 5.32 Å². The summed E-state index contributed by atoms with van der Waals surface area (Å²) in [6.07, 6.45) is 6.32. The highest BCUT2D eigenvalue weighted by Gasteiger charge is 2.40. The van der Waals surface area contributed by atoms with Gasteiger partial charge in [0.05, 0.1) is 5.60 Å². The molecular weight excluding hydrogens is 286 g/mol. The van der Waals surface area contributed by atoms with Gasteiger partial charge in [0.15, 0.2) is 0 Å². The second-order valence-corrected chi connectivity index (χ2v) is 9.04. The van der Waals surface area contributed by atoms with Crippen molar-refractivity contribution in [1.82, 2.24) is 5.32 Å².